The minimum absolute atomic E-state index is 0.341. The number of ketones is 1. The second kappa shape index (κ2) is 5.11. The Hall–Kier alpha value is -0.370. The summed E-state index contributed by atoms with van der Waals surface area (Å²) in [7, 11) is 0. The van der Waals surface area contributed by atoms with Gasteiger partial charge in [-0.15, -0.1) is 0 Å². The SMILES string of the molecule is CC(=O)CCN1CCCC2CCCCC21. The van der Waals surface area contributed by atoms with Gasteiger partial charge in [0.2, 0.25) is 0 Å². The minimum atomic E-state index is 0.341. The van der Waals surface area contributed by atoms with Gasteiger partial charge in [-0.1, -0.05) is 12.8 Å². The third-order valence-corrected chi connectivity index (χ3v) is 4.11. The fourth-order valence-electron chi connectivity index (χ4n) is 3.31. The largest absolute Gasteiger partial charge is 0.300 e. The van der Waals surface area contributed by atoms with E-state index in [0.29, 0.717) is 5.78 Å². The molecule has 15 heavy (non-hydrogen) atoms. The Bertz CT molecular complexity index is 225. The summed E-state index contributed by atoms with van der Waals surface area (Å²) in [5.41, 5.74) is 0. The van der Waals surface area contributed by atoms with Crippen LogP contribution in [0.4, 0.5) is 0 Å². The third-order valence-electron chi connectivity index (χ3n) is 4.11. The first kappa shape index (κ1) is 11.1. The van der Waals surface area contributed by atoms with Crippen LogP contribution in [0.2, 0.25) is 0 Å². The van der Waals surface area contributed by atoms with Crippen molar-refractivity contribution in [1.29, 1.82) is 0 Å². The summed E-state index contributed by atoms with van der Waals surface area (Å²) in [6, 6.07) is 0.812. The number of hydrogen-bond acceptors (Lipinski definition) is 2. The highest BCUT2D eigenvalue weighted by Gasteiger charge is 2.32. The highest BCUT2D eigenvalue weighted by atomic mass is 16.1. The zero-order valence-corrected chi connectivity index (χ0v) is 9.87. The van der Waals surface area contributed by atoms with E-state index in [9.17, 15) is 4.79 Å². The highest BCUT2D eigenvalue weighted by molar-refractivity contribution is 5.75. The maximum Gasteiger partial charge on any atom is 0.131 e. The van der Waals surface area contributed by atoms with Gasteiger partial charge in [0.05, 0.1) is 0 Å². The lowest BCUT2D eigenvalue weighted by Crippen LogP contribution is -2.47. The standard InChI is InChI=1S/C13H23NO/c1-11(15)8-10-14-9-4-6-12-5-2-3-7-13(12)14/h12-13H,2-10H2,1H3. The molecule has 2 heteroatoms. The van der Waals surface area contributed by atoms with Crippen LogP contribution in [0.3, 0.4) is 0 Å². The van der Waals surface area contributed by atoms with E-state index in [2.05, 4.69) is 4.90 Å². The van der Waals surface area contributed by atoms with Gasteiger partial charge < -0.3 is 0 Å². The maximum atomic E-state index is 11.0. The number of fused-ring (bicyclic) bond motifs is 1. The average Bonchev–Trinajstić information content (AvgIpc) is 2.26. The zero-order chi connectivity index (χ0) is 10.7. The molecule has 1 aliphatic heterocycles. The lowest BCUT2D eigenvalue weighted by atomic mass is 9.78. The molecule has 2 atom stereocenters. The fourth-order valence-corrected chi connectivity index (χ4v) is 3.31. The van der Waals surface area contributed by atoms with Crippen molar-refractivity contribution in [2.75, 3.05) is 13.1 Å². The van der Waals surface area contributed by atoms with Crippen molar-refractivity contribution >= 4 is 5.78 Å². The molecule has 1 saturated heterocycles. The van der Waals surface area contributed by atoms with Gasteiger partial charge in [-0.3, -0.25) is 9.69 Å². The lowest BCUT2D eigenvalue weighted by molar-refractivity contribution is -0.117. The van der Waals surface area contributed by atoms with Crippen LogP contribution in [0, 0.1) is 5.92 Å². The second-order valence-corrected chi connectivity index (χ2v) is 5.24. The molecule has 1 aliphatic carbocycles. The Labute approximate surface area is 93.0 Å². The summed E-state index contributed by atoms with van der Waals surface area (Å²) >= 11 is 0. The topological polar surface area (TPSA) is 20.3 Å². The predicted octanol–water partition coefficient (Wildman–Crippen LogP) is 2.62. The van der Waals surface area contributed by atoms with E-state index >= 15 is 0 Å². The summed E-state index contributed by atoms with van der Waals surface area (Å²) in [5, 5.41) is 0. The highest BCUT2D eigenvalue weighted by Crippen LogP contribution is 2.35. The van der Waals surface area contributed by atoms with Gasteiger partial charge in [-0.25, -0.2) is 0 Å². The summed E-state index contributed by atoms with van der Waals surface area (Å²) in [6.45, 7) is 3.95. The van der Waals surface area contributed by atoms with Gasteiger partial charge in [-0.2, -0.15) is 0 Å². The molecule has 2 unspecified atom stereocenters. The molecule has 0 aromatic rings. The molecule has 0 radical (unpaired) electrons. The van der Waals surface area contributed by atoms with Crippen molar-refractivity contribution in [1.82, 2.24) is 4.90 Å². The first-order valence-electron chi connectivity index (χ1n) is 6.51. The number of nitrogens with zero attached hydrogens (tertiary/aromatic N) is 1. The van der Waals surface area contributed by atoms with Crippen LogP contribution in [0.15, 0.2) is 0 Å². The Balaban J connectivity index is 1.88. The van der Waals surface area contributed by atoms with Gasteiger partial charge in [0, 0.05) is 19.0 Å². The Morgan fingerprint density at radius 3 is 2.73 bits per heavy atom. The smallest absolute Gasteiger partial charge is 0.131 e. The van der Waals surface area contributed by atoms with E-state index in [0.717, 1.165) is 24.9 Å². The van der Waals surface area contributed by atoms with Crippen LogP contribution in [0.25, 0.3) is 0 Å². The van der Waals surface area contributed by atoms with Gasteiger partial charge in [0.25, 0.3) is 0 Å². The molecular weight excluding hydrogens is 186 g/mol. The predicted molar refractivity (Wildman–Crippen MR) is 61.9 cm³/mol. The summed E-state index contributed by atoms with van der Waals surface area (Å²) in [5.74, 6) is 1.28. The molecule has 1 saturated carbocycles. The summed E-state index contributed by atoms with van der Waals surface area (Å²) in [6.07, 6.45) is 9.17. The molecule has 0 N–H and O–H groups in total. The normalized spacial score (nSPS) is 32.3. The van der Waals surface area contributed by atoms with E-state index in [1.54, 1.807) is 6.92 Å². The van der Waals surface area contributed by atoms with Crippen LogP contribution in [-0.4, -0.2) is 29.8 Å². The first-order valence-corrected chi connectivity index (χ1v) is 6.51. The maximum absolute atomic E-state index is 11.0. The molecule has 86 valence electrons. The summed E-state index contributed by atoms with van der Waals surface area (Å²) < 4.78 is 0. The van der Waals surface area contributed by atoms with Crippen molar-refractivity contribution in [3.8, 4) is 0 Å². The molecule has 0 aromatic carbocycles. The molecular formula is C13H23NO. The quantitative estimate of drug-likeness (QED) is 0.712. The van der Waals surface area contributed by atoms with Crippen molar-refractivity contribution in [2.45, 2.75) is 57.9 Å². The van der Waals surface area contributed by atoms with Crippen LogP contribution in [0.1, 0.15) is 51.9 Å². The number of rotatable bonds is 3. The Morgan fingerprint density at radius 2 is 1.93 bits per heavy atom. The molecule has 1 heterocycles. The van der Waals surface area contributed by atoms with E-state index in [1.165, 1.54) is 45.1 Å². The van der Waals surface area contributed by atoms with Crippen molar-refractivity contribution < 1.29 is 4.79 Å². The molecule has 0 spiro atoms. The molecule has 0 amide bonds. The number of Topliss-reactive ketones (excluding diaryl/α,β-unsaturated/α-hetero) is 1. The lowest BCUT2D eigenvalue weighted by Gasteiger charge is -2.44. The second-order valence-electron chi connectivity index (χ2n) is 5.24. The van der Waals surface area contributed by atoms with E-state index in [-0.39, 0.29) is 0 Å². The number of piperidine rings is 1. The van der Waals surface area contributed by atoms with Crippen LogP contribution < -0.4 is 0 Å². The van der Waals surface area contributed by atoms with Crippen molar-refractivity contribution in [3.63, 3.8) is 0 Å². The minimum Gasteiger partial charge on any atom is -0.300 e. The van der Waals surface area contributed by atoms with Gasteiger partial charge in [-0.05, 0) is 45.1 Å². The number of hydrogen-bond donors (Lipinski definition) is 0. The van der Waals surface area contributed by atoms with E-state index in [1.807, 2.05) is 0 Å². The summed E-state index contributed by atoms with van der Waals surface area (Å²) in [4.78, 5) is 13.6. The van der Waals surface area contributed by atoms with Crippen LogP contribution >= 0.6 is 0 Å². The van der Waals surface area contributed by atoms with Crippen molar-refractivity contribution in [2.24, 2.45) is 5.92 Å². The Morgan fingerprint density at radius 1 is 1.20 bits per heavy atom. The molecule has 0 bridgehead atoms. The number of carbonyl (C=O) groups is 1. The van der Waals surface area contributed by atoms with Gasteiger partial charge in [0.1, 0.15) is 5.78 Å². The van der Waals surface area contributed by atoms with Gasteiger partial charge in [0.15, 0.2) is 0 Å². The molecule has 2 rings (SSSR count). The molecule has 2 nitrogen and oxygen atoms in total. The number of likely N-dealkylation sites (tertiary alicyclic amines) is 1. The van der Waals surface area contributed by atoms with E-state index in [4.69, 9.17) is 0 Å². The average molecular weight is 209 g/mol. The van der Waals surface area contributed by atoms with E-state index < -0.39 is 0 Å². The molecule has 2 aliphatic rings. The number of carbonyl (C=O) groups excluding carboxylic acids is 1. The van der Waals surface area contributed by atoms with Crippen molar-refractivity contribution in [3.05, 3.63) is 0 Å². The monoisotopic (exact) mass is 209 g/mol. The Kier molecular flexibility index (Phi) is 3.79. The first-order chi connectivity index (χ1) is 7.27. The zero-order valence-electron chi connectivity index (χ0n) is 9.87. The van der Waals surface area contributed by atoms with Crippen LogP contribution in [-0.2, 0) is 4.79 Å². The molecule has 2 fully saturated rings. The van der Waals surface area contributed by atoms with Gasteiger partial charge >= 0.3 is 0 Å². The third kappa shape index (κ3) is 2.81. The van der Waals surface area contributed by atoms with Crippen LogP contribution in [0.5, 0.6) is 0 Å². The molecule has 0 aromatic heterocycles. The fraction of sp³-hybridized carbons (Fsp3) is 0.923.